The molecule has 2 aromatic carbocycles. The summed E-state index contributed by atoms with van der Waals surface area (Å²) in [6, 6.07) is 15.1. The van der Waals surface area contributed by atoms with E-state index in [-0.39, 0.29) is 5.41 Å². The molecule has 2 rings (SSSR count). The Morgan fingerprint density at radius 3 is 2.03 bits per heavy atom. The van der Waals surface area contributed by atoms with E-state index < -0.39 is 0 Å². The molecule has 0 aromatic heterocycles. The first-order valence-corrected chi connectivity index (χ1v) is 11.9. The lowest BCUT2D eigenvalue weighted by Crippen LogP contribution is -2.43. The summed E-state index contributed by atoms with van der Waals surface area (Å²) in [5.74, 6) is 0. The van der Waals surface area contributed by atoms with Crippen molar-refractivity contribution in [1.82, 2.24) is 0 Å². The number of hydrogen-bond acceptors (Lipinski definition) is 1. The Morgan fingerprint density at radius 2 is 1.53 bits per heavy atom. The minimum absolute atomic E-state index is 0.131. The van der Waals surface area contributed by atoms with Crippen molar-refractivity contribution in [2.24, 2.45) is 0 Å². The van der Waals surface area contributed by atoms with Gasteiger partial charge in [-0.25, -0.2) is 0 Å². The Bertz CT molecular complexity index is 704. The molecule has 0 fully saturated rings. The van der Waals surface area contributed by atoms with Crippen LogP contribution in [0.4, 0.5) is 11.4 Å². The second kappa shape index (κ2) is 17.8. The molecule has 2 nitrogen and oxygen atoms in total. The number of hydrogen-bond donors (Lipinski definition) is 2. The van der Waals surface area contributed by atoms with Crippen molar-refractivity contribution in [3.8, 4) is 0 Å². The van der Waals surface area contributed by atoms with E-state index in [1.807, 2.05) is 41.5 Å². The van der Waals surface area contributed by atoms with Crippen molar-refractivity contribution < 1.29 is 5.73 Å². The van der Waals surface area contributed by atoms with Gasteiger partial charge >= 0.3 is 0 Å². The third-order valence-corrected chi connectivity index (χ3v) is 4.96. The van der Waals surface area contributed by atoms with Gasteiger partial charge in [0.25, 0.3) is 0 Å². The van der Waals surface area contributed by atoms with Gasteiger partial charge in [0, 0.05) is 23.2 Å². The van der Waals surface area contributed by atoms with Crippen molar-refractivity contribution in [2.75, 3.05) is 11.9 Å². The van der Waals surface area contributed by atoms with Crippen LogP contribution in [0.25, 0.3) is 6.08 Å². The van der Waals surface area contributed by atoms with E-state index in [0.717, 1.165) is 25.1 Å². The second-order valence-electron chi connectivity index (χ2n) is 6.78. The van der Waals surface area contributed by atoms with Crippen LogP contribution in [-0.2, 0) is 5.41 Å². The van der Waals surface area contributed by atoms with E-state index in [2.05, 4.69) is 93.4 Å². The van der Waals surface area contributed by atoms with Crippen LogP contribution >= 0.6 is 0 Å². The van der Waals surface area contributed by atoms with Gasteiger partial charge in [0.2, 0.25) is 0 Å². The maximum Gasteiger partial charge on any atom is 0.131 e. The molecular weight excluding hydrogens is 364 g/mol. The number of anilines is 1. The third-order valence-electron chi connectivity index (χ3n) is 4.96. The number of nitrogens with one attached hydrogen (secondary N) is 1. The fourth-order valence-corrected chi connectivity index (χ4v) is 3.18. The SMILES string of the molecule is CC.CC.CC.CCNc1ccc(/C=C/CC(C)(CC)c2ccccc2[NH3+])c(C)c1. The van der Waals surface area contributed by atoms with E-state index in [4.69, 9.17) is 0 Å². The monoisotopic (exact) mass is 413 g/mol. The number of aryl methyl sites for hydroxylation is 1. The second-order valence-corrected chi connectivity index (χ2v) is 6.78. The molecule has 0 saturated heterocycles. The smallest absolute Gasteiger partial charge is 0.131 e. The zero-order valence-electron chi connectivity index (χ0n) is 21.5. The highest BCUT2D eigenvalue weighted by molar-refractivity contribution is 5.59. The van der Waals surface area contributed by atoms with Gasteiger partial charge in [0.05, 0.1) is 0 Å². The number of rotatable bonds is 7. The maximum atomic E-state index is 4.21. The van der Waals surface area contributed by atoms with E-state index in [1.165, 1.54) is 22.4 Å². The normalized spacial score (nSPS) is 11.7. The Kier molecular flexibility index (Phi) is 17.8. The summed E-state index contributed by atoms with van der Waals surface area (Å²) in [6.07, 6.45) is 6.68. The van der Waals surface area contributed by atoms with Crippen molar-refractivity contribution in [3.63, 3.8) is 0 Å². The molecule has 0 aliphatic carbocycles. The van der Waals surface area contributed by atoms with Gasteiger partial charge in [-0.15, -0.1) is 0 Å². The van der Waals surface area contributed by atoms with Gasteiger partial charge in [-0.1, -0.05) is 91.8 Å². The molecule has 2 aromatic rings. The zero-order valence-corrected chi connectivity index (χ0v) is 21.5. The van der Waals surface area contributed by atoms with Crippen LogP contribution in [0.1, 0.15) is 91.8 Å². The Labute approximate surface area is 188 Å². The summed E-state index contributed by atoms with van der Waals surface area (Å²) in [5.41, 5.74) is 10.6. The molecule has 0 bridgehead atoms. The van der Waals surface area contributed by atoms with E-state index >= 15 is 0 Å². The molecule has 2 heteroatoms. The first-order chi connectivity index (χ1) is 14.5. The Morgan fingerprint density at radius 1 is 0.933 bits per heavy atom. The Hall–Kier alpha value is -2.06. The summed E-state index contributed by atoms with van der Waals surface area (Å²) < 4.78 is 0. The van der Waals surface area contributed by atoms with Crippen LogP contribution in [0.3, 0.4) is 0 Å². The van der Waals surface area contributed by atoms with Gasteiger partial charge in [-0.05, 0) is 56.0 Å². The van der Waals surface area contributed by atoms with E-state index in [9.17, 15) is 0 Å². The average Bonchev–Trinajstić information content (AvgIpc) is 2.80. The highest BCUT2D eigenvalue weighted by Gasteiger charge is 2.26. The van der Waals surface area contributed by atoms with Gasteiger partial charge in [-0.3, -0.25) is 0 Å². The summed E-state index contributed by atoms with van der Waals surface area (Å²) in [6.45, 7) is 21.8. The van der Waals surface area contributed by atoms with Crippen LogP contribution in [0, 0.1) is 6.92 Å². The molecule has 4 N–H and O–H groups in total. The molecule has 0 saturated carbocycles. The average molecular weight is 414 g/mol. The highest BCUT2D eigenvalue weighted by Crippen LogP contribution is 2.34. The van der Waals surface area contributed by atoms with Crippen LogP contribution in [-0.4, -0.2) is 6.54 Å². The molecule has 0 amide bonds. The van der Waals surface area contributed by atoms with Gasteiger partial charge in [0.15, 0.2) is 0 Å². The van der Waals surface area contributed by atoms with Crippen LogP contribution in [0.2, 0.25) is 0 Å². The minimum atomic E-state index is 0.131. The lowest BCUT2D eigenvalue weighted by molar-refractivity contribution is -0.256. The maximum absolute atomic E-state index is 4.21. The molecule has 30 heavy (non-hydrogen) atoms. The fourth-order valence-electron chi connectivity index (χ4n) is 3.18. The molecular formula is C28H49N2+. The Balaban J connectivity index is 0. The molecule has 170 valence electrons. The lowest BCUT2D eigenvalue weighted by atomic mass is 9.76. The zero-order chi connectivity index (χ0) is 23.6. The molecule has 0 heterocycles. The predicted octanol–water partition coefficient (Wildman–Crippen LogP) is 8.15. The third kappa shape index (κ3) is 9.63. The van der Waals surface area contributed by atoms with Crippen molar-refractivity contribution in [1.29, 1.82) is 0 Å². The van der Waals surface area contributed by atoms with E-state index in [1.54, 1.807) is 0 Å². The minimum Gasteiger partial charge on any atom is -0.385 e. The molecule has 1 unspecified atom stereocenters. The summed E-state index contributed by atoms with van der Waals surface area (Å²) in [7, 11) is 0. The summed E-state index contributed by atoms with van der Waals surface area (Å²) >= 11 is 0. The molecule has 0 spiro atoms. The standard InChI is InChI=1S/C22H30N2.3C2H6/c1-5-22(4,20-11-7-8-12-21(20)23)15-9-10-18-13-14-19(24-6-2)16-17(18)3;3*1-2/h7-14,16,24H,5-6,15,23H2,1-4H3;3*1-2H3/p+1/b10-9+;;;. The highest BCUT2D eigenvalue weighted by atomic mass is 14.8. The number of allylic oxidation sites excluding steroid dienone is 1. The molecule has 1 atom stereocenters. The fraction of sp³-hybridized carbons (Fsp3) is 0.500. The van der Waals surface area contributed by atoms with Crippen LogP contribution < -0.4 is 11.1 Å². The molecule has 0 aliphatic heterocycles. The first kappa shape index (κ1) is 30.1. The quantitative estimate of drug-likeness (QED) is 0.472. The van der Waals surface area contributed by atoms with Crippen molar-refractivity contribution in [2.45, 2.75) is 87.5 Å². The summed E-state index contributed by atoms with van der Waals surface area (Å²) in [5, 5.41) is 3.36. The van der Waals surface area contributed by atoms with Gasteiger partial charge in [-0.2, -0.15) is 0 Å². The lowest BCUT2D eigenvalue weighted by Gasteiger charge is -2.27. The molecule has 0 aliphatic rings. The number of quaternary nitrogens is 1. The van der Waals surface area contributed by atoms with Crippen molar-refractivity contribution in [3.05, 3.63) is 65.2 Å². The molecule has 0 radical (unpaired) electrons. The van der Waals surface area contributed by atoms with Gasteiger partial charge < -0.3 is 11.1 Å². The predicted molar refractivity (Wildman–Crippen MR) is 140 cm³/mol. The summed E-state index contributed by atoms with van der Waals surface area (Å²) in [4.78, 5) is 0. The topological polar surface area (TPSA) is 39.7 Å². The first-order valence-electron chi connectivity index (χ1n) is 11.9. The van der Waals surface area contributed by atoms with Gasteiger partial charge in [0.1, 0.15) is 5.69 Å². The van der Waals surface area contributed by atoms with Crippen molar-refractivity contribution >= 4 is 17.5 Å². The van der Waals surface area contributed by atoms with E-state index in [0.29, 0.717) is 0 Å². The van der Waals surface area contributed by atoms with Crippen LogP contribution in [0.15, 0.2) is 48.5 Å². The number of benzene rings is 2. The largest absolute Gasteiger partial charge is 0.385 e. The van der Waals surface area contributed by atoms with Crippen LogP contribution in [0.5, 0.6) is 0 Å².